The van der Waals surface area contributed by atoms with Crippen molar-refractivity contribution in [3.8, 4) is 0 Å². The molecule has 4 fully saturated rings. The summed E-state index contributed by atoms with van der Waals surface area (Å²) in [5.74, 6) is 2.36. The van der Waals surface area contributed by atoms with Gasteiger partial charge in [0.1, 0.15) is 0 Å². The lowest BCUT2D eigenvalue weighted by molar-refractivity contribution is -0.137. The van der Waals surface area contributed by atoms with Crippen LogP contribution in [0.1, 0.15) is 68.7 Å². The van der Waals surface area contributed by atoms with Crippen molar-refractivity contribution in [2.75, 3.05) is 32.7 Å². The summed E-state index contributed by atoms with van der Waals surface area (Å²) in [5, 5.41) is 3.28. The molecule has 5 rings (SSSR count). The first-order valence-corrected chi connectivity index (χ1v) is 12.0. The van der Waals surface area contributed by atoms with Crippen LogP contribution in [0.4, 0.5) is 0 Å². The Morgan fingerprint density at radius 3 is 2.56 bits per heavy atom. The Morgan fingerprint density at radius 1 is 1.07 bits per heavy atom. The SMILES string of the molecule is O=C1N(CC2CCC2)CCC12CN(CC1CCCCC1)CC2c1nccs1. The van der Waals surface area contributed by atoms with Crippen LogP contribution in [0.3, 0.4) is 0 Å². The van der Waals surface area contributed by atoms with Gasteiger partial charge < -0.3 is 9.80 Å². The molecule has 4 nitrogen and oxygen atoms in total. The third-order valence-corrected chi connectivity index (χ3v) is 8.74. The van der Waals surface area contributed by atoms with E-state index >= 15 is 0 Å². The van der Waals surface area contributed by atoms with Crippen molar-refractivity contribution in [1.82, 2.24) is 14.8 Å². The Morgan fingerprint density at radius 2 is 1.85 bits per heavy atom. The molecule has 0 radical (unpaired) electrons. The highest BCUT2D eigenvalue weighted by Gasteiger charge is 2.58. The maximum atomic E-state index is 13.6. The number of amides is 1. The number of thiazole rings is 1. The molecule has 2 saturated heterocycles. The number of carbonyl (C=O) groups excluding carboxylic acids is 1. The Labute approximate surface area is 167 Å². The van der Waals surface area contributed by atoms with Crippen LogP contribution >= 0.6 is 11.3 Å². The Kier molecular flexibility index (Phi) is 5.01. The molecular weight excluding hydrogens is 354 g/mol. The maximum absolute atomic E-state index is 13.6. The fourth-order valence-corrected chi connectivity index (χ4v) is 6.94. The predicted molar refractivity (Wildman–Crippen MR) is 109 cm³/mol. The number of aromatic nitrogens is 1. The molecule has 2 aliphatic carbocycles. The van der Waals surface area contributed by atoms with E-state index in [4.69, 9.17) is 0 Å². The van der Waals surface area contributed by atoms with Gasteiger partial charge in [-0.25, -0.2) is 4.98 Å². The van der Waals surface area contributed by atoms with Gasteiger partial charge >= 0.3 is 0 Å². The number of carbonyl (C=O) groups is 1. The molecule has 0 N–H and O–H groups in total. The second-order valence-corrected chi connectivity index (χ2v) is 10.5. The number of likely N-dealkylation sites (tertiary alicyclic amines) is 2. The van der Waals surface area contributed by atoms with Gasteiger partial charge in [0.25, 0.3) is 0 Å². The molecule has 2 aliphatic heterocycles. The molecule has 1 aromatic rings. The van der Waals surface area contributed by atoms with E-state index < -0.39 is 0 Å². The molecule has 0 bridgehead atoms. The molecule has 2 saturated carbocycles. The fraction of sp³-hybridized carbons (Fsp3) is 0.818. The van der Waals surface area contributed by atoms with Gasteiger partial charge in [0.05, 0.1) is 10.4 Å². The number of hydrogen-bond acceptors (Lipinski definition) is 4. The standard InChI is InChI=1S/C22H33N3OS/c26-21-22(9-11-25(21)14-18-7-4-8-18)16-24(13-17-5-2-1-3-6-17)15-19(22)20-23-10-12-27-20/h10,12,17-19H,1-9,11,13-16H2. The van der Waals surface area contributed by atoms with Gasteiger partial charge in [-0.05, 0) is 43.9 Å². The van der Waals surface area contributed by atoms with E-state index in [1.807, 2.05) is 6.20 Å². The van der Waals surface area contributed by atoms with Crippen LogP contribution in [-0.2, 0) is 4.79 Å². The molecular formula is C22H33N3OS. The van der Waals surface area contributed by atoms with Crippen LogP contribution in [0.25, 0.3) is 0 Å². The lowest BCUT2D eigenvalue weighted by atomic mass is 9.76. The van der Waals surface area contributed by atoms with Gasteiger partial charge in [0, 0.05) is 50.2 Å². The molecule has 5 heteroatoms. The molecule has 2 unspecified atom stereocenters. The van der Waals surface area contributed by atoms with Crippen LogP contribution in [0.15, 0.2) is 11.6 Å². The highest BCUT2D eigenvalue weighted by molar-refractivity contribution is 7.09. The van der Waals surface area contributed by atoms with Gasteiger partial charge in [-0.2, -0.15) is 0 Å². The number of nitrogens with zero attached hydrogens (tertiary/aromatic N) is 3. The van der Waals surface area contributed by atoms with E-state index in [2.05, 4.69) is 20.2 Å². The fourth-order valence-electron chi connectivity index (χ4n) is 6.09. The van der Waals surface area contributed by atoms with E-state index in [0.29, 0.717) is 11.8 Å². The highest BCUT2D eigenvalue weighted by atomic mass is 32.1. The molecule has 2 atom stereocenters. The Bertz CT molecular complexity index is 653. The van der Waals surface area contributed by atoms with Crippen molar-refractivity contribution in [3.63, 3.8) is 0 Å². The summed E-state index contributed by atoms with van der Waals surface area (Å²) in [6, 6.07) is 0. The first kappa shape index (κ1) is 18.1. The number of hydrogen-bond donors (Lipinski definition) is 0. The lowest BCUT2D eigenvalue weighted by Gasteiger charge is -2.32. The summed E-state index contributed by atoms with van der Waals surface area (Å²) in [6.45, 7) is 5.17. The van der Waals surface area contributed by atoms with Crippen molar-refractivity contribution in [1.29, 1.82) is 0 Å². The molecule has 3 heterocycles. The van der Waals surface area contributed by atoms with Crippen LogP contribution in [-0.4, -0.2) is 53.4 Å². The van der Waals surface area contributed by atoms with Gasteiger partial charge in [0.15, 0.2) is 0 Å². The average Bonchev–Trinajstić information content (AvgIpc) is 3.35. The zero-order chi connectivity index (χ0) is 18.3. The van der Waals surface area contributed by atoms with Crippen LogP contribution in [0, 0.1) is 17.3 Å². The van der Waals surface area contributed by atoms with Gasteiger partial charge in [-0.15, -0.1) is 11.3 Å². The van der Waals surface area contributed by atoms with Gasteiger partial charge in [0.2, 0.25) is 5.91 Å². The smallest absolute Gasteiger partial charge is 0.230 e. The average molecular weight is 388 g/mol. The lowest BCUT2D eigenvalue weighted by Crippen LogP contribution is -2.42. The van der Waals surface area contributed by atoms with E-state index in [-0.39, 0.29) is 5.41 Å². The third kappa shape index (κ3) is 3.35. The maximum Gasteiger partial charge on any atom is 0.230 e. The van der Waals surface area contributed by atoms with Crippen molar-refractivity contribution in [2.24, 2.45) is 17.3 Å². The number of rotatable bonds is 5. The zero-order valence-electron chi connectivity index (χ0n) is 16.4. The topological polar surface area (TPSA) is 36.4 Å². The molecule has 1 aromatic heterocycles. The predicted octanol–water partition coefficient (Wildman–Crippen LogP) is 4.14. The molecule has 4 aliphatic rings. The minimum atomic E-state index is -0.198. The van der Waals surface area contributed by atoms with Crippen molar-refractivity contribution >= 4 is 17.2 Å². The molecule has 0 aromatic carbocycles. The summed E-state index contributed by atoms with van der Waals surface area (Å²) in [7, 11) is 0. The van der Waals surface area contributed by atoms with E-state index in [9.17, 15) is 4.79 Å². The van der Waals surface area contributed by atoms with Crippen LogP contribution in [0.5, 0.6) is 0 Å². The minimum Gasteiger partial charge on any atom is -0.342 e. The summed E-state index contributed by atoms with van der Waals surface area (Å²) in [5.41, 5.74) is -0.198. The van der Waals surface area contributed by atoms with Crippen LogP contribution < -0.4 is 0 Å². The zero-order valence-corrected chi connectivity index (χ0v) is 17.3. The summed E-state index contributed by atoms with van der Waals surface area (Å²) in [6.07, 6.45) is 13.9. The summed E-state index contributed by atoms with van der Waals surface area (Å²) < 4.78 is 0. The Balaban J connectivity index is 1.34. The second-order valence-electron chi connectivity index (χ2n) is 9.58. The summed E-state index contributed by atoms with van der Waals surface area (Å²) >= 11 is 1.75. The van der Waals surface area contributed by atoms with E-state index in [1.54, 1.807) is 11.3 Å². The monoisotopic (exact) mass is 387 g/mol. The molecule has 27 heavy (non-hydrogen) atoms. The van der Waals surface area contributed by atoms with Crippen molar-refractivity contribution in [3.05, 3.63) is 16.6 Å². The van der Waals surface area contributed by atoms with Gasteiger partial charge in [-0.3, -0.25) is 4.79 Å². The van der Waals surface area contributed by atoms with Gasteiger partial charge in [-0.1, -0.05) is 25.7 Å². The first-order valence-electron chi connectivity index (χ1n) is 11.2. The second kappa shape index (κ2) is 7.47. The quantitative estimate of drug-likeness (QED) is 0.762. The molecule has 148 valence electrons. The molecule has 1 spiro atoms. The van der Waals surface area contributed by atoms with E-state index in [1.165, 1.54) is 62.9 Å². The minimum absolute atomic E-state index is 0.198. The van der Waals surface area contributed by atoms with E-state index in [0.717, 1.165) is 44.4 Å². The van der Waals surface area contributed by atoms with Crippen molar-refractivity contribution < 1.29 is 4.79 Å². The largest absolute Gasteiger partial charge is 0.342 e. The highest BCUT2D eigenvalue weighted by Crippen LogP contribution is 2.51. The third-order valence-electron chi connectivity index (χ3n) is 7.85. The summed E-state index contributed by atoms with van der Waals surface area (Å²) in [4.78, 5) is 23.1. The Hall–Kier alpha value is -0.940. The van der Waals surface area contributed by atoms with Crippen LogP contribution in [0.2, 0.25) is 0 Å². The normalized spacial score (nSPS) is 33.3. The molecule has 1 amide bonds. The first-order chi connectivity index (χ1) is 13.2. The van der Waals surface area contributed by atoms with Crippen molar-refractivity contribution in [2.45, 2.75) is 63.7 Å².